The first-order chi connectivity index (χ1) is 13.5. The number of carbonyl (C=O) groups excluding carboxylic acids is 1. The number of unbranched alkanes of at least 4 members (excludes halogenated alkanes) is 1. The van der Waals surface area contributed by atoms with Crippen LogP contribution in [0.3, 0.4) is 0 Å². The number of carboxylic acid groups (broad SMARTS) is 1. The molecule has 1 aromatic rings. The van der Waals surface area contributed by atoms with Crippen LogP contribution in [0.2, 0.25) is 0 Å². The summed E-state index contributed by atoms with van der Waals surface area (Å²) in [6.07, 6.45) is -1.50. The number of nitrogens with one attached hydrogen (secondary N) is 1. The van der Waals surface area contributed by atoms with Crippen molar-refractivity contribution in [1.29, 1.82) is 0 Å². The van der Waals surface area contributed by atoms with Crippen molar-refractivity contribution in [3.63, 3.8) is 0 Å². The highest BCUT2D eigenvalue weighted by Crippen LogP contribution is 2.27. The molecule has 0 saturated heterocycles. The largest absolute Gasteiger partial charge is 0.509 e. The number of rotatable bonds is 12. The molecule has 0 spiro atoms. The van der Waals surface area contributed by atoms with Gasteiger partial charge in [0.25, 0.3) is 5.09 Å². The molecule has 0 aliphatic rings. The van der Waals surface area contributed by atoms with E-state index in [1.807, 2.05) is 0 Å². The van der Waals surface area contributed by atoms with Crippen molar-refractivity contribution in [2.75, 3.05) is 13.2 Å². The standard InChI is InChI=1S/C17H24N2O10/c1-11(29-16(24)27-7-3-4-8-28-19(25)26)18-17(2,15(22)23)10-12-5-6-13(20)14(21)9-12/h5-6,9,11,18,20-21H,3-4,7-8,10H2,1-2H3,(H,22,23). The van der Waals surface area contributed by atoms with Gasteiger partial charge in [-0.2, -0.15) is 0 Å². The van der Waals surface area contributed by atoms with Crippen LogP contribution in [0.5, 0.6) is 11.5 Å². The van der Waals surface area contributed by atoms with Gasteiger partial charge in [-0.25, -0.2) is 4.79 Å². The molecule has 29 heavy (non-hydrogen) atoms. The summed E-state index contributed by atoms with van der Waals surface area (Å²) < 4.78 is 9.76. The highest BCUT2D eigenvalue weighted by molar-refractivity contribution is 5.79. The summed E-state index contributed by atoms with van der Waals surface area (Å²) in [7, 11) is 0. The smallest absolute Gasteiger partial charge is 0.504 e. The van der Waals surface area contributed by atoms with Crippen molar-refractivity contribution < 1.29 is 44.3 Å². The molecule has 0 aliphatic carbocycles. The molecule has 0 bridgehead atoms. The summed E-state index contributed by atoms with van der Waals surface area (Å²) in [4.78, 5) is 37.5. The summed E-state index contributed by atoms with van der Waals surface area (Å²) >= 11 is 0. The molecule has 4 N–H and O–H groups in total. The van der Waals surface area contributed by atoms with E-state index in [4.69, 9.17) is 9.47 Å². The van der Waals surface area contributed by atoms with Crippen molar-refractivity contribution >= 4 is 12.1 Å². The molecule has 0 saturated carbocycles. The van der Waals surface area contributed by atoms with Crippen molar-refractivity contribution in [3.8, 4) is 11.5 Å². The Hall–Kier alpha value is -3.28. The monoisotopic (exact) mass is 416 g/mol. The molecular weight excluding hydrogens is 392 g/mol. The average molecular weight is 416 g/mol. The molecule has 0 fully saturated rings. The molecule has 162 valence electrons. The van der Waals surface area contributed by atoms with Crippen LogP contribution < -0.4 is 5.32 Å². The second kappa shape index (κ2) is 10.9. The number of benzene rings is 1. The van der Waals surface area contributed by atoms with Crippen LogP contribution in [-0.2, 0) is 25.5 Å². The van der Waals surface area contributed by atoms with Gasteiger partial charge in [0.15, 0.2) is 17.7 Å². The van der Waals surface area contributed by atoms with E-state index < -0.39 is 29.0 Å². The van der Waals surface area contributed by atoms with Crippen LogP contribution in [0.4, 0.5) is 4.79 Å². The average Bonchev–Trinajstić information content (AvgIpc) is 2.60. The number of aliphatic carboxylic acids is 1. The normalized spacial score (nSPS) is 13.7. The van der Waals surface area contributed by atoms with E-state index in [1.54, 1.807) is 0 Å². The van der Waals surface area contributed by atoms with Gasteiger partial charge in [0, 0.05) is 6.42 Å². The quantitative estimate of drug-likeness (QED) is 0.0970. The molecule has 0 amide bonds. The maximum absolute atomic E-state index is 11.7. The molecule has 1 aromatic carbocycles. The second-order valence-corrected chi connectivity index (χ2v) is 6.40. The van der Waals surface area contributed by atoms with Gasteiger partial charge in [-0.1, -0.05) is 6.07 Å². The summed E-state index contributed by atoms with van der Waals surface area (Å²) in [5.74, 6) is -1.94. The first-order valence-electron chi connectivity index (χ1n) is 8.66. The number of carbonyl (C=O) groups is 2. The van der Waals surface area contributed by atoms with Gasteiger partial charge in [-0.05, 0) is 44.4 Å². The Morgan fingerprint density at radius 2 is 1.90 bits per heavy atom. The molecule has 0 heterocycles. The van der Waals surface area contributed by atoms with E-state index in [0.29, 0.717) is 18.4 Å². The van der Waals surface area contributed by atoms with Crippen LogP contribution in [0, 0.1) is 10.1 Å². The Morgan fingerprint density at radius 3 is 2.48 bits per heavy atom. The fraction of sp³-hybridized carbons (Fsp3) is 0.529. The van der Waals surface area contributed by atoms with Gasteiger partial charge >= 0.3 is 12.1 Å². The summed E-state index contributed by atoms with van der Waals surface area (Å²) in [6.45, 7) is 2.63. The summed E-state index contributed by atoms with van der Waals surface area (Å²) in [5, 5.41) is 40.2. The van der Waals surface area contributed by atoms with Gasteiger partial charge in [-0.3, -0.25) is 10.1 Å². The first kappa shape index (κ1) is 23.8. The molecule has 12 nitrogen and oxygen atoms in total. The van der Waals surface area contributed by atoms with Crippen LogP contribution in [-0.4, -0.2) is 57.5 Å². The minimum atomic E-state index is -1.55. The molecule has 0 radical (unpaired) electrons. The third kappa shape index (κ3) is 8.51. The zero-order valence-electron chi connectivity index (χ0n) is 16.0. The maximum atomic E-state index is 11.7. The number of phenols is 2. The van der Waals surface area contributed by atoms with E-state index in [1.165, 1.54) is 32.0 Å². The Bertz CT molecular complexity index is 726. The number of hydrogen-bond acceptors (Lipinski definition) is 10. The third-order valence-corrected chi connectivity index (χ3v) is 3.82. The molecule has 12 heteroatoms. The van der Waals surface area contributed by atoms with Gasteiger partial charge in [0.2, 0.25) is 0 Å². The van der Waals surface area contributed by atoms with E-state index in [9.17, 15) is 35.0 Å². The number of hydrogen-bond donors (Lipinski definition) is 4. The fourth-order valence-corrected chi connectivity index (χ4v) is 2.43. The number of phenolic OH excluding ortho intramolecular Hbond substituents is 2. The predicted octanol–water partition coefficient (Wildman–Crippen LogP) is 1.56. The number of ether oxygens (including phenoxy) is 2. The fourth-order valence-electron chi connectivity index (χ4n) is 2.43. The van der Waals surface area contributed by atoms with E-state index in [-0.39, 0.29) is 31.1 Å². The van der Waals surface area contributed by atoms with Crippen molar-refractivity contribution in [2.24, 2.45) is 0 Å². The van der Waals surface area contributed by atoms with Crippen molar-refractivity contribution in [3.05, 3.63) is 33.9 Å². The van der Waals surface area contributed by atoms with Gasteiger partial charge < -0.3 is 29.6 Å². The number of nitrogens with zero attached hydrogens (tertiary/aromatic N) is 1. The Labute approximate surface area is 166 Å². The lowest BCUT2D eigenvalue weighted by Crippen LogP contribution is -2.55. The molecular formula is C17H24N2O10. The lowest BCUT2D eigenvalue weighted by molar-refractivity contribution is -0.757. The van der Waals surface area contributed by atoms with E-state index in [2.05, 4.69) is 10.2 Å². The summed E-state index contributed by atoms with van der Waals surface area (Å²) in [5.41, 5.74) is -1.12. The van der Waals surface area contributed by atoms with E-state index in [0.717, 1.165) is 0 Å². The highest BCUT2D eigenvalue weighted by atomic mass is 16.9. The highest BCUT2D eigenvalue weighted by Gasteiger charge is 2.35. The van der Waals surface area contributed by atoms with Crippen molar-refractivity contribution in [2.45, 2.75) is 44.9 Å². The lowest BCUT2D eigenvalue weighted by atomic mass is 9.92. The number of aromatic hydroxyl groups is 2. The maximum Gasteiger partial charge on any atom is 0.509 e. The van der Waals surface area contributed by atoms with Gasteiger partial charge in [0.1, 0.15) is 5.54 Å². The predicted molar refractivity (Wildman–Crippen MR) is 96.7 cm³/mol. The molecule has 0 aliphatic heterocycles. The molecule has 1 rings (SSSR count). The van der Waals surface area contributed by atoms with Crippen LogP contribution in [0.15, 0.2) is 18.2 Å². The minimum Gasteiger partial charge on any atom is -0.504 e. The third-order valence-electron chi connectivity index (χ3n) is 3.82. The Morgan fingerprint density at radius 1 is 1.24 bits per heavy atom. The SMILES string of the molecule is CC(NC(C)(Cc1ccc(O)c(O)c1)C(=O)O)OC(=O)OCCCCO[N+](=O)[O-]. The van der Waals surface area contributed by atoms with Gasteiger partial charge in [0.05, 0.1) is 13.2 Å². The Kier molecular flexibility index (Phi) is 8.93. The second-order valence-electron chi connectivity index (χ2n) is 6.40. The van der Waals surface area contributed by atoms with E-state index >= 15 is 0 Å². The minimum absolute atomic E-state index is 0.0460. The van der Waals surface area contributed by atoms with Crippen molar-refractivity contribution in [1.82, 2.24) is 5.32 Å². The zero-order valence-corrected chi connectivity index (χ0v) is 16.0. The zero-order chi connectivity index (χ0) is 22.0. The topological polar surface area (TPSA) is 178 Å². The molecule has 0 aromatic heterocycles. The van der Waals surface area contributed by atoms with Crippen LogP contribution >= 0.6 is 0 Å². The van der Waals surface area contributed by atoms with Crippen LogP contribution in [0.25, 0.3) is 0 Å². The lowest BCUT2D eigenvalue weighted by Gasteiger charge is -2.29. The molecule has 2 atom stereocenters. The van der Waals surface area contributed by atoms with Gasteiger partial charge in [-0.15, -0.1) is 10.1 Å². The Balaban J connectivity index is 2.51. The molecule has 2 unspecified atom stereocenters. The first-order valence-corrected chi connectivity index (χ1v) is 8.66. The van der Waals surface area contributed by atoms with Crippen LogP contribution in [0.1, 0.15) is 32.3 Å². The summed E-state index contributed by atoms with van der Waals surface area (Å²) in [6, 6.07) is 3.93. The number of carboxylic acids is 1.